The van der Waals surface area contributed by atoms with Crippen molar-refractivity contribution in [1.29, 1.82) is 0 Å². The summed E-state index contributed by atoms with van der Waals surface area (Å²) < 4.78 is 34.4. The number of nitrogens with zero attached hydrogens (tertiary/aromatic N) is 2. The van der Waals surface area contributed by atoms with Crippen LogP contribution >= 0.6 is 0 Å². The lowest BCUT2D eigenvalue weighted by atomic mass is 10.2. The molecule has 0 spiro atoms. The van der Waals surface area contributed by atoms with E-state index in [2.05, 4.69) is 5.32 Å². The van der Waals surface area contributed by atoms with E-state index in [1.165, 1.54) is 8.61 Å². The number of rotatable bonds is 6. The summed E-state index contributed by atoms with van der Waals surface area (Å²) in [5.41, 5.74) is 1.93. The van der Waals surface area contributed by atoms with Crippen LogP contribution in [0, 0.1) is 0 Å². The van der Waals surface area contributed by atoms with Crippen molar-refractivity contribution in [3.63, 3.8) is 0 Å². The minimum absolute atomic E-state index is 0.431. The van der Waals surface area contributed by atoms with E-state index < -0.39 is 10.2 Å². The van der Waals surface area contributed by atoms with Gasteiger partial charge in [-0.1, -0.05) is 18.2 Å². The molecule has 0 saturated carbocycles. The zero-order valence-electron chi connectivity index (χ0n) is 13.8. The standard InChI is InChI=1S/C17H21N3O3S/c1-18-11-6-12-19-16-9-3-4-10-17(16)20(24(19,21)22)14-7-5-8-15(13-14)23-2/h3-5,7-10,13,18H,6,11-12H2,1-2H3. The van der Waals surface area contributed by atoms with Gasteiger partial charge < -0.3 is 10.1 Å². The monoisotopic (exact) mass is 347 g/mol. The highest BCUT2D eigenvalue weighted by Gasteiger charge is 2.40. The van der Waals surface area contributed by atoms with Crippen molar-refractivity contribution in [1.82, 2.24) is 5.32 Å². The highest BCUT2D eigenvalue weighted by molar-refractivity contribution is 7.95. The second kappa shape index (κ2) is 6.70. The zero-order chi connectivity index (χ0) is 17.2. The van der Waals surface area contributed by atoms with Crippen LogP contribution in [0.2, 0.25) is 0 Å². The van der Waals surface area contributed by atoms with E-state index in [1.807, 2.05) is 31.3 Å². The molecule has 0 atom stereocenters. The second-order valence-electron chi connectivity index (χ2n) is 5.49. The fraction of sp³-hybridized carbons (Fsp3) is 0.294. The number of methoxy groups -OCH3 is 1. The lowest BCUT2D eigenvalue weighted by Gasteiger charge is -2.22. The lowest BCUT2D eigenvalue weighted by molar-refractivity contribution is 0.415. The summed E-state index contributed by atoms with van der Waals surface area (Å²) in [7, 11) is -0.241. The molecule has 0 aliphatic carbocycles. The number of ether oxygens (including phenoxy) is 1. The predicted octanol–water partition coefficient (Wildman–Crippen LogP) is 2.51. The molecule has 0 saturated heterocycles. The maximum absolute atomic E-state index is 13.1. The van der Waals surface area contributed by atoms with Gasteiger partial charge in [-0.25, -0.2) is 4.31 Å². The molecule has 1 heterocycles. The fourth-order valence-corrected chi connectivity index (χ4v) is 4.58. The molecule has 0 amide bonds. The minimum atomic E-state index is -3.66. The Kier molecular flexibility index (Phi) is 4.64. The van der Waals surface area contributed by atoms with Crippen molar-refractivity contribution < 1.29 is 13.2 Å². The normalized spacial score (nSPS) is 15.4. The first-order valence-corrected chi connectivity index (χ1v) is 9.20. The SMILES string of the molecule is CNCCCN1c2ccccc2N(c2cccc(OC)c2)S1(=O)=O. The number of benzene rings is 2. The summed E-state index contributed by atoms with van der Waals surface area (Å²) in [5.74, 6) is 0.619. The Hall–Kier alpha value is -2.25. The molecular formula is C17H21N3O3S. The van der Waals surface area contributed by atoms with Crippen molar-refractivity contribution >= 4 is 27.3 Å². The van der Waals surface area contributed by atoms with Crippen LogP contribution in [0.25, 0.3) is 0 Å². The minimum Gasteiger partial charge on any atom is -0.497 e. The van der Waals surface area contributed by atoms with Gasteiger partial charge in [0.2, 0.25) is 0 Å². The number of hydrogen-bond acceptors (Lipinski definition) is 4. The Morgan fingerprint density at radius 3 is 2.54 bits per heavy atom. The predicted molar refractivity (Wildman–Crippen MR) is 96.4 cm³/mol. The van der Waals surface area contributed by atoms with Crippen LogP contribution in [0.15, 0.2) is 48.5 Å². The molecule has 3 rings (SSSR count). The molecule has 0 fully saturated rings. The first-order chi connectivity index (χ1) is 11.6. The van der Waals surface area contributed by atoms with Gasteiger partial charge in [0.05, 0.1) is 24.2 Å². The highest BCUT2D eigenvalue weighted by Crippen LogP contribution is 2.45. The topological polar surface area (TPSA) is 61.9 Å². The Labute approximate surface area is 142 Å². The van der Waals surface area contributed by atoms with Crippen LogP contribution in [0.4, 0.5) is 17.1 Å². The third-order valence-electron chi connectivity index (χ3n) is 3.95. The highest BCUT2D eigenvalue weighted by atomic mass is 32.2. The molecule has 1 N–H and O–H groups in total. The molecule has 0 radical (unpaired) electrons. The van der Waals surface area contributed by atoms with Gasteiger partial charge in [0.1, 0.15) is 5.75 Å². The summed E-state index contributed by atoms with van der Waals surface area (Å²) in [6.07, 6.45) is 0.732. The van der Waals surface area contributed by atoms with Gasteiger partial charge in [0, 0.05) is 12.6 Å². The van der Waals surface area contributed by atoms with Crippen LogP contribution in [0.1, 0.15) is 6.42 Å². The van der Waals surface area contributed by atoms with Crippen LogP contribution in [0.3, 0.4) is 0 Å². The molecule has 0 unspecified atom stereocenters. The molecule has 0 aromatic heterocycles. The summed E-state index contributed by atoms with van der Waals surface area (Å²) in [6.45, 7) is 1.19. The Morgan fingerprint density at radius 2 is 1.83 bits per heavy atom. The number of hydrogen-bond donors (Lipinski definition) is 1. The van der Waals surface area contributed by atoms with Crippen molar-refractivity contribution in [2.45, 2.75) is 6.42 Å². The third-order valence-corrected chi connectivity index (χ3v) is 5.76. The van der Waals surface area contributed by atoms with Gasteiger partial charge in [0.15, 0.2) is 0 Å². The molecule has 24 heavy (non-hydrogen) atoms. The van der Waals surface area contributed by atoms with Gasteiger partial charge in [-0.2, -0.15) is 8.42 Å². The van der Waals surface area contributed by atoms with Crippen molar-refractivity contribution in [3.8, 4) is 5.75 Å². The summed E-state index contributed by atoms with van der Waals surface area (Å²) in [4.78, 5) is 0. The fourth-order valence-electron chi connectivity index (χ4n) is 2.84. The number of para-hydroxylation sites is 2. The average Bonchev–Trinajstić information content (AvgIpc) is 2.82. The first kappa shape index (κ1) is 16.6. The third kappa shape index (κ3) is 2.81. The van der Waals surface area contributed by atoms with E-state index in [1.54, 1.807) is 31.4 Å². The smallest absolute Gasteiger partial charge is 0.330 e. The summed E-state index contributed by atoms with van der Waals surface area (Å²) >= 11 is 0. The maximum atomic E-state index is 13.1. The van der Waals surface area contributed by atoms with E-state index in [0.29, 0.717) is 29.4 Å². The van der Waals surface area contributed by atoms with Gasteiger partial charge in [-0.3, -0.25) is 4.31 Å². The molecule has 2 aromatic carbocycles. The first-order valence-electron chi connectivity index (χ1n) is 7.80. The quantitative estimate of drug-likeness (QED) is 0.816. The van der Waals surface area contributed by atoms with E-state index in [4.69, 9.17) is 4.74 Å². The van der Waals surface area contributed by atoms with Crippen LogP contribution in [0.5, 0.6) is 5.75 Å². The van der Waals surface area contributed by atoms with E-state index in [9.17, 15) is 8.42 Å². The number of fused-ring (bicyclic) bond motifs is 1. The second-order valence-corrected chi connectivity index (χ2v) is 7.19. The van der Waals surface area contributed by atoms with Crippen molar-refractivity contribution in [3.05, 3.63) is 48.5 Å². The van der Waals surface area contributed by atoms with Gasteiger partial charge in [0.25, 0.3) is 0 Å². The largest absolute Gasteiger partial charge is 0.497 e. The lowest BCUT2D eigenvalue weighted by Crippen LogP contribution is -2.36. The summed E-state index contributed by atoms with van der Waals surface area (Å²) in [5, 5.41) is 3.05. The molecule has 128 valence electrons. The zero-order valence-corrected chi connectivity index (χ0v) is 14.6. The summed E-state index contributed by atoms with van der Waals surface area (Å²) in [6, 6.07) is 14.4. The molecule has 2 aromatic rings. The molecule has 6 nitrogen and oxygen atoms in total. The number of nitrogens with one attached hydrogen (secondary N) is 1. The van der Waals surface area contributed by atoms with E-state index in [0.717, 1.165) is 13.0 Å². The molecule has 1 aliphatic heterocycles. The maximum Gasteiger partial charge on any atom is 0.330 e. The Balaban J connectivity index is 2.06. The van der Waals surface area contributed by atoms with Gasteiger partial charge in [-0.15, -0.1) is 0 Å². The van der Waals surface area contributed by atoms with Crippen LogP contribution < -0.4 is 18.7 Å². The molecule has 1 aliphatic rings. The van der Waals surface area contributed by atoms with Crippen LogP contribution in [-0.2, 0) is 10.2 Å². The Bertz CT molecular complexity index is 823. The Morgan fingerprint density at radius 1 is 1.08 bits per heavy atom. The molecular weight excluding hydrogens is 326 g/mol. The average molecular weight is 347 g/mol. The molecule has 7 heteroatoms. The van der Waals surface area contributed by atoms with Crippen molar-refractivity contribution in [2.24, 2.45) is 0 Å². The van der Waals surface area contributed by atoms with Crippen molar-refractivity contribution in [2.75, 3.05) is 35.9 Å². The van der Waals surface area contributed by atoms with Gasteiger partial charge >= 0.3 is 10.2 Å². The molecule has 0 bridgehead atoms. The van der Waals surface area contributed by atoms with E-state index >= 15 is 0 Å². The number of anilines is 3. The van der Waals surface area contributed by atoms with E-state index in [-0.39, 0.29) is 0 Å². The van der Waals surface area contributed by atoms with Crippen LogP contribution in [-0.4, -0.2) is 35.7 Å². The van der Waals surface area contributed by atoms with Gasteiger partial charge in [-0.05, 0) is 44.3 Å².